The Bertz CT molecular complexity index is 961. The summed E-state index contributed by atoms with van der Waals surface area (Å²) < 4.78 is 0. The van der Waals surface area contributed by atoms with E-state index >= 15 is 0 Å². The molecule has 3 rings (SSSR count). The number of hydrogen-bond acceptors (Lipinski definition) is 3. The highest BCUT2D eigenvalue weighted by molar-refractivity contribution is 7.99. The normalized spacial score (nSPS) is 11.5. The monoisotopic (exact) mass is 418 g/mol. The number of nitrogens with one attached hydrogen (secondary N) is 2. The SMILES string of the molecule is CC(SCc1ccccc1)C(=O)Nc1ccccc1C(=O)NCCc1ccccc1. The maximum Gasteiger partial charge on any atom is 0.253 e. The van der Waals surface area contributed by atoms with Crippen LogP contribution < -0.4 is 10.6 Å². The summed E-state index contributed by atoms with van der Waals surface area (Å²) in [6.45, 7) is 2.42. The zero-order valence-electron chi connectivity index (χ0n) is 17.0. The number of rotatable bonds is 9. The van der Waals surface area contributed by atoms with E-state index in [9.17, 15) is 9.59 Å². The molecule has 3 aromatic rings. The highest BCUT2D eigenvalue weighted by atomic mass is 32.2. The first kappa shape index (κ1) is 21.7. The van der Waals surface area contributed by atoms with Crippen molar-refractivity contribution in [2.24, 2.45) is 0 Å². The lowest BCUT2D eigenvalue weighted by Crippen LogP contribution is -2.28. The van der Waals surface area contributed by atoms with Gasteiger partial charge in [0, 0.05) is 12.3 Å². The summed E-state index contributed by atoms with van der Waals surface area (Å²) in [6, 6.07) is 27.2. The molecule has 154 valence electrons. The molecule has 0 aliphatic heterocycles. The third-order valence-electron chi connectivity index (χ3n) is 4.68. The van der Waals surface area contributed by atoms with Crippen molar-refractivity contribution in [3.8, 4) is 0 Å². The Kier molecular flexibility index (Phi) is 8.10. The predicted octanol–water partition coefficient (Wildman–Crippen LogP) is 4.92. The molecule has 0 aliphatic carbocycles. The fourth-order valence-electron chi connectivity index (χ4n) is 2.96. The molecule has 0 saturated carbocycles. The van der Waals surface area contributed by atoms with Gasteiger partial charge in [-0.3, -0.25) is 9.59 Å². The van der Waals surface area contributed by atoms with Crippen LogP contribution in [0.15, 0.2) is 84.9 Å². The Hall–Kier alpha value is -3.05. The van der Waals surface area contributed by atoms with E-state index in [1.54, 1.807) is 30.0 Å². The van der Waals surface area contributed by atoms with E-state index in [1.165, 1.54) is 11.1 Å². The summed E-state index contributed by atoms with van der Waals surface area (Å²) in [5.74, 6) is 0.462. The van der Waals surface area contributed by atoms with Crippen LogP contribution >= 0.6 is 11.8 Å². The molecule has 2 N–H and O–H groups in total. The van der Waals surface area contributed by atoms with E-state index in [1.807, 2.05) is 73.7 Å². The Morgan fingerprint density at radius 3 is 2.13 bits per heavy atom. The fourth-order valence-corrected chi connectivity index (χ4v) is 3.80. The largest absolute Gasteiger partial charge is 0.352 e. The minimum atomic E-state index is -0.237. The third-order valence-corrected chi connectivity index (χ3v) is 5.90. The second kappa shape index (κ2) is 11.2. The van der Waals surface area contributed by atoms with E-state index in [4.69, 9.17) is 0 Å². The van der Waals surface area contributed by atoms with Gasteiger partial charge in [-0.1, -0.05) is 72.8 Å². The van der Waals surface area contributed by atoms with Gasteiger partial charge in [0.05, 0.1) is 16.5 Å². The van der Waals surface area contributed by atoms with Crippen LogP contribution in [0.3, 0.4) is 0 Å². The molecule has 0 bridgehead atoms. The third kappa shape index (κ3) is 6.49. The molecular formula is C25H26N2O2S. The van der Waals surface area contributed by atoms with Crippen LogP contribution in [0, 0.1) is 0 Å². The number of carbonyl (C=O) groups excluding carboxylic acids is 2. The summed E-state index contributed by atoms with van der Waals surface area (Å²) >= 11 is 1.57. The van der Waals surface area contributed by atoms with E-state index in [0.29, 0.717) is 17.8 Å². The number of hydrogen-bond donors (Lipinski definition) is 2. The van der Waals surface area contributed by atoms with Gasteiger partial charge in [-0.15, -0.1) is 11.8 Å². The van der Waals surface area contributed by atoms with Crippen molar-refractivity contribution in [3.05, 3.63) is 102 Å². The molecule has 0 aliphatic rings. The standard InChI is InChI=1S/C25H26N2O2S/c1-19(30-18-21-12-6-3-7-13-21)24(28)27-23-15-9-8-14-22(23)25(29)26-17-16-20-10-4-2-5-11-20/h2-15,19H,16-18H2,1H3,(H,26,29)(H,27,28). The average Bonchev–Trinajstić information content (AvgIpc) is 2.79. The van der Waals surface area contributed by atoms with Crippen molar-refractivity contribution in [1.82, 2.24) is 5.32 Å². The first-order valence-electron chi connectivity index (χ1n) is 10.0. The zero-order valence-corrected chi connectivity index (χ0v) is 17.8. The Morgan fingerprint density at radius 1 is 0.833 bits per heavy atom. The van der Waals surface area contributed by atoms with Crippen LogP contribution in [0.2, 0.25) is 0 Å². The molecule has 0 fully saturated rings. The number of carbonyl (C=O) groups is 2. The molecule has 0 saturated heterocycles. The molecular weight excluding hydrogens is 392 g/mol. The average molecular weight is 419 g/mol. The molecule has 4 nitrogen and oxygen atoms in total. The highest BCUT2D eigenvalue weighted by Gasteiger charge is 2.17. The lowest BCUT2D eigenvalue weighted by Gasteiger charge is -2.15. The number of para-hydroxylation sites is 1. The lowest BCUT2D eigenvalue weighted by atomic mass is 10.1. The Labute approximate surface area is 182 Å². The van der Waals surface area contributed by atoms with E-state index < -0.39 is 0 Å². The minimum Gasteiger partial charge on any atom is -0.352 e. The summed E-state index contributed by atoms with van der Waals surface area (Å²) in [7, 11) is 0. The molecule has 30 heavy (non-hydrogen) atoms. The summed E-state index contributed by atoms with van der Waals surface area (Å²) in [6.07, 6.45) is 0.758. The highest BCUT2D eigenvalue weighted by Crippen LogP contribution is 2.21. The van der Waals surface area contributed by atoms with Crippen molar-refractivity contribution in [3.63, 3.8) is 0 Å². The maximum atomic E-state index is 12.7. The molecule has 1 unspecified atom stereocenters. The van der Waals surface area contributed by atoms with Crippen LogP contribution in [0.5, 0.6) is 0 Å². The molecule has 0 spiro atoms. The van der Waals surface area contributed by atoms with Crippen molar-refractivity contribution < 1.29 is 9.59 Å². The minimum absolute atomic E-state index is 0.111. The van der Waals surface area contributed by atoms with Gasteiger partial charge >= 0.3 is 0 Å². The quantitative estimate of drug-likeness (QED) is 0.519. The van der Waals surface area contributed by atoms with Gasteiger partial charge < -0.3 is 10.6 Å². The van der Waals surface area contributed by atoms with Crippen LogP contribution in [-0.4, -0.2) is 23.6 Å². The molecule has 3 aromatic carbocycles. The number of benzene rings is 3. The molecule has 0 heterocycles. The zero-order chi connectivity index (χ0) is 21.2. The predicted molar refractivity (Wildman–Crippen MR) is 125 cm³/mol. The van der Waals surface area contributed by atoms with Crippen molar-refractivity contribution in [2.75, 3.05) is 11.9 Å². The van der Waals surface area contributed by atoms with E-state index in [-0.39, 0.29) is 17.1 Å². The van der Waals surface area contributed by atoms with Crippen LogP contribution in [0.1, 0.15) is 28.4 Å². The number of anilines is 1. The smallest absolute Gasteiger partial charge is 0.253 e. The second-order valence-electron chi connectivity index (χ2n) is 6.97. The maximum absolute atomic E-state index is 12.7. The van der Waals surface area contributed by atoms with Crippen LogP contribution in [0.25, 0.3) is 0 Å². The molecule has 0 aromatic heterocycles. The van der Waals surface area contributed by atoms with Gasteiger partial charge in [-0.05, 0) is 36.6 Å². The van der Waals surface area contributed by atoms with Crippen molar-refractivity contribution in [1.29, 1.82) is 0 Å². The molecule has 0 radical (unpaired) electrons. The van der Waals surface area contributed by atoms with Crippen molar-refractivity contribution in [2.45, 2.75) is 24.3 Å². The Morgan fingerprint density at radius 2 is 1.43 bits per heavy atom. The summed E-state index contributed by atoms with van der Waals surface area (Å²) in [4.78, 5) is 25.3. The van der Waals surface area contributed by atoms with Crippen molar-refractivity contribution >= 4 is 29.3 Å². The molecule has 5 heteroatoms. The molecule has 2 amide bonds. The van der Waals surface area contributed by atoms with Crippen LogP contribution in [-0.2, 0) is 17.0 Å². The Balaban J connectivity index is 1.54. The lowest BCUT2D eigenvalue weighted by molar-refractivity contribution is -0.115. The van der Waals surface area contributed by atoms with Gasteiger partial charge in [0.1, 0.15) is 0 Å². The van der Waals surface area contributed by atoms with Gasteiger partial charge in [0.2, 0.25) is 5.91 Å². The summed E-state index contributed by atoms with van der Waals surface area (Å²) in [5.41, 5.74) is 3.36. The van der Waals surface area contributed by atoms with Gasteiger partial charge in [0.15, 0.2) is 0 Å². The first-order valence-corrected chi connectivity index (χ1v) is 11.1. The van der Waals surface area contributed by atoms with Gasteiger partial charge in [0.25, 0.3) is 5.91 Å². The van der Waals surface area contributed by atoms with E-state index in [2.05, 4.69) is 10.6 Å². The van der Waals surface area contributed by atoms with Gasteiger partial charge in [-0.2, -0.15) is 0 Å². The fraction of sp³-hybridized carbons (Fsp3) is 0.200. The van der Waals surface area contributed by atoms with E-state index in [0.717, 1.165) is 12.2 Å². The number of amides is 2. The molecule has 1 atom stereocenters. The van der Waals surface area contributed by atoms with Gasteiger partial charge in [-0.25, -0.2) is 0 Å². The van der Waals surface area contributed by atoms with Crippen LogP contribution in [0.4, 0.5) is 5.69 Å². The topological polar surface area (TPSA) is 58.2 Å². The second-order valence-corrected chi connectivity index (χ2v) is 8.29. The summed E-state index contributed by atoms with van der Waals surface area (Å²) in [5, 5.41) is 5.62. The number of thioether (sulfide) groups is 1. The first-order chi connectivity index (χ1) is 14.6.